The Balaban J connectivity index is 2.07. The smallest absolute Gasteiger partial charge is 0.265 e. The first-order chi connectivity index (χ1) is 14.7. The zero-order valence-corrected chi connectivity index (χ0v) is 19.3. The van der Waals surface area contributed by atoms with Gasteiger partial charge in [0.2, 0.25) is 10.0 Å². The molecule has 0 aliphatic carbocycles. The molecule has 1 fully saturated rings. The van der Waals surface area contributed by atoms with Crippen molar-refractivity contribution < 1.29 is 31.0 Å². The molecule has 11 heteroatoms. The van der Waals surface area contributed by atoms with Gasteiger partial charge in [0.05, 0.1) is 38.0 Å². The van der Waals surface area contributed by atoms with Crippen molar-refractivity contribution in [1.29, 1.82) is 0 Å². The van der Waals surface area contributed by atoms with E-state index in [1.54, 1.807) is 25.1 Å². The summed E-state index contributed by atoms with van der Waals surface area (Å²) in [4.78, 5) is -0.169. The minimum absolute atomic E-state index is 0.0293. The lowest BCUT2D eigenvalue weighted by atomic mass is 10.2. The first-order valence-electron chi connectivity index (χ1n) is 9.74. The van der Waals surface area contributed by atoms with Crippen molar-refractivity contribution in [2.45, 2.75) is 24.7 Å². The molecule has 0 unspecified atom stereocenters. The molecule has 9 nitrogen and oxygen atoms in total. The number of rotatable bonds is 8. The van der Waals surface area contributed by atoms with E-state index in [0.717, 1.165) is 0 Å². The van der Waals surface area contributed by atoms with Crippen LogP contribution in [0.15, 0.2) is 41.3 Å². The molecule has 1 aliphatic rings. The Morgan fingerprint density at radius 2 is 1.77 bits per heavy atom. The maximum Gasteiger partial charge on any atom is 0.265 e. The number of methoxy groups -OCH3 is 2. The number of ether oxygens (including phenoxy) is 3. The summed E-state index contributed by atoms with van der Waals surface area (Å²) in [6.45, 7) is 2.28. The van der Waals surface area contributed by atoms with Gasteiger partial charge < -0.3 is 14.2 Å². The number of sulfonamides is 2. The van der Waals surface area contributed by atoms with Gasteiger partial charge in [0.25, 0.3) is 10.0 Å². The lowest BCUT2D eigenvalue weighted by Crippen LogP contribution is -2.37. The predicted molar refractivity (Wildman–Crippen MR) is 118 cm³/mol. The van der Waals surface area contributed by atoms with E-state index in [0.29, 0.717) is 30.9 Å². The van der Waals surface area contributed by atoms with Crippen LogP contribution < -0.4 is 23.2 Å². The van der Waals surface area contributed by atoms with Crippen LogP contribution in [-0.4, -0.2) is 50.0 Å². The quantitative estimate of drug-likeness (QED) is 0.631. The van der Waals surface area contributed by atoms with Gasteiger partial charge in [0, 0.05) is 12.6 Å². The Bertz CT molecular complexity index is 1150. The van der Waals surface area contributed by atoms with E-state index in [1.165, 1.54) is 36.7 Å². The fourth-order valence-electron chi connectivity index (χ4n) is 3.31. The Kier molecular flexibility index (Phi) is 6.85. The van der Waals surface area contributed by atoms with Gasteiger partial charge in [-0.3, -0.25) is 9.03 Å². The van der Waals surface area contributed by atoms with Gasteiger partial charge in [-0.1, -0.05) is 0 Å². The second-order valence-corrected chi connectivity index (χ2v) is 10.5. The second-order valence-electron chi connectivity index (χ2n) is 6.83. The summed E-state index contributed by atoms with van der Waals surface area (Å²) in [5.41, 5.74) is 0.460. The first-order valence-corrected chi connectivity index (χ1v) is 12.8. The molecule has 3 rings (SSSR count). The lowest BCUT2D eigenvalue weighted by Gasteiger charge is -2.29. The van der Waals surface area contributed by atoms with Crippen molar-refractivity contribution in [2.75, 3.05) is 42.2 Å². The molecule has 31 heavy (non-hydrogen) atoms. The van der Waals surface area contributed by atoms with Crippen LogP contribution in [-0.2, 0) is 20.0 Å². The molecular weight excluding hydrogens is 444 g/mol. The van der Waals surface area contributed by atoms with E-state index in [-0.39, 0.29) is 34.4 Å². The third kappa shape index (κ3) is 4.99. The summed E-state index contributed by atoms with van der Waals surface area (Å²) in [6, 6.07) is 9.07. The zero-order valence-electron chi connectivity index (χ0n) is 17.6. The molecule has 1 heterocycles. The van der Waals surface area contributed by atoms with E-state index < -0.39 is 20.0 Å². The van der Waals surface area contributed by atoms with Gasteiger partial charge in [-0.15, -0.1) is 0 Å². The van der Waals surface area contributed by atoms with E-state index in [4.69, 9.17) is 14.2 Å². The Morgan fingerprint density at radius 3 is 2.42 bits per heavy atom. The zero-order chi connectivity index (χ0) is 22.6. The van der Waals surface area contributed by atoms with Crippen molar-refractivity contribution in [3.05, 3.63) is 36.4 Å². The van der Waals surface area contributed by atoms with Crippen LogP contribution >= 0.6 is 0 Å². The molecule has 1 saturated heterocycles. The molecular formula is C20H26N2O7S2. The highest BCUT2D eigenvalue weighted by Gasteiger charge is 2.29. The number of hydrogen-bond acceptors (Lipinski definition) is 7. The highest BCUT2D eigenvalue weighted by atomic mass is 32.2. The standard InChI is InChI=1S/C20H26N2O7S2/c1-4-29-19-9-7-15(22-11-5-6-12-30(22,23)24)13-20(19)31(25,26)21-17-14-16(27-2)8-10-18(17)28-3/h7-10,13-14,21H,4-6,11-12H2,1-3H3. The molecule has 0 spiro atoms. The average molecular weight is 471 g/mol. The monoisotopic (exact) mass is 470 g/mol. The number of nitrogens with zero attached hydrogens (tertiary/aromatic N) is 1. The topological polar surface area (TPSA) is 111 Å². The molecule has 170 valence electrons. The average Bonchev–Trinajstić information content (AvgIpc) is 2.73. The highest BCUT2D eigenvalue weighted by Crippen LogP contribution is 2.35. The second kappa shape index (κ2) is 9.23. The van der Waals surface area contributed by atoms with Crippen LogP contribution in [0.5, 0.6) is 17.2 Å². The van der Waals surface area contributed by atoms with E-state index >= 15 is 0 Å². The lowest BCUT2D eigenvalue weighted by molar-refractivity contribution is 0.331. The first kappa shape index (κ1) is 23.0. The predicted octanol–water partition coefficient (Wildman–Crippen LogP) is 2.83. The maximum absolute atomic E-state index is 13.3. The Labute approximate surface area is 183 Å². The summed E-state index contributed by atoms with van der Waals surface area (Å²) in [5.74, 6) is 0.894. The van der Waals surface area contributed by atoms with Gasteiger partial charge >= 0.3 is 0 Å². The van der Waals surface area contributed by atoms with E-state index in [9.17, 15) is 16.8 Å². The molecule has 0 radical (unpaired) electrons. The SMILES string of the molecule is CCOc1ccc(N2CCCCS2(=O)=O)cc1S(=O)(=O)Nc1cc(OC)ccc1OC. The van der Waals surface area contributed by atoms with Crippen molar-refractivity contribution in [1.82, 2.24) is 0 Å². The molecule has 0 saturated carbocycles. The number of benzene rings is 2. The van der Waals surface area contributed by atoms with Crippen LogP contribution in [0.25, 0.3) is 0 Å². The summed E-state index contributed by atoms with van der Waals surface area (Å²) in [5, 5.41) is 0. The molecule has 2 aromatic rings. The highest BCUT2D eigenvalue weighted by molar-refractivity contribution is 7.93. The molecule has 1 N–H and O–H groups in total. The fraction of sp³-hybridized carbons (Fsp3) is 0.400. The van der Waals surface area contributed by atoms with Crippen molar-refractivity contribution in [2.24, 2.45) is 0 Å². The minimum Gasteiger partial charge on any atom is -0.497 e. The van der Waals surface area contributed by atoms with Gasteiger partial charge in [-0.05, 0) is 50.1 Å². The summed E-state index contributed by atoms with van der Waals surface area (Å²) >= 11 is 0. The van der Waals surface area contributed by atoms with Crippen molar-refractivity contribution in [3.63, 3.8) is 0 Å². The van der Waals surface area contributed by atoms with Crippen LogP contribution in [0.2, 0.25) is 0 Å². The molecule has 0 aromatic heterocycles. The summed E-state index contributed by atoms with van der Waals surface area (Å²) in [6.07, 6.45) is 1.28. The minimum atomic E-state index is -4.15. The third-order valence-electron chi connectivity index (χ3n) is 4.80. The molecule has 1 aliphatic heterocycles. The number of hydrogen-bond donors (Lipinski definition) is 1. The van der Waals surface area contributed by atoms with Gasteiger partial charge in [0.15, 0.2) is 0 Å². The molecule has 2 aromatic carbocycles. The Hall–Kier alpha value is -2.66. The van der Waals surface area contributed by atoms with E-state index in [2.05, 4.69) is 4.72 Å². The summed E-state index contributed by atoms with van der Waals surface area (Å²) in [7, 11) is -4.76. The van der Waals surface area contributed by atoms with Crippen molar-refractivity contribution in [3.8, 4) is 17.2 Å². The van der Waals surface area contributed by atoms with Crippen LogP contribution in [0, 0.1) is 0 Å². The molecule has 0 amide bonds. The van der Waals surface area contributed by atoms with Crippen LogP contribution in [0.3, 0.4) is 0 Å². The molecule has 0 atom stereocenters. The van der Waals surface area contributed by atoms with Gasteiger partial charge in [-0.25, -0.2) is 16.8 Å². The summed E-state index contributed by atoms with van der Waals surface area (Å²) < 4.78 is 71.3. The van der Waals surface area contributed by atoms with Gasteiger partial charge in [0.1, 0.15) is 22.1 Å². The largest absolute Gasteiger partial charge is 0.497 e. The van der Waals surface area contributed by atoms with Crippen molar-refractivity contribution >= 4 is 31.4 Å². The van der Waals surface area contributed by atoms with Crippen LogP contribution in [0.1, 0.15) is 19.8 Å². The third-order valence-corrected chi connectivity index (χ3v) is 8.06. The van der Waals surface area contributed by atoms with Gasteiger partial charge in [-0.2, -0.15) is 0 Å². The van der Waals surface area contributed by atoms with Crippen LogP contribution in [0.4, 0.5) is 11.4 Å². The Morgan fingerprint density at radius 1 is 1.03 bits per heavy atom. The maximum atomic E-state index is 13.3. The number of nitrogens with one attached hydrogen (secondary N) is 1. The van der Waals surface area contributed by atoms with E-state index in [1.807, 2.05) is 0 Å². The fourth-order valence-corrected chi connectivity index (χ4v) is 6.17. The normalized spacial score (nSPS) is 15.9. The number of anilines is 2. The molecule has 0 bridgehead atoms.